The van der Waals surface area contributed by atoms with Gasteiger partial charge >= 0.3 is 11.8 Å². The van der Waals surface area contributed by atoms with Gasteiger partial charge in [0.15, 0.2) is 5.82 Å². The Balaban J connectivity index is 1.69. The van der Waals surface area contributed by atoms with Crippen LogP contribution in [-0.2, 0) is 4.74 Å². The summed E-state index contributed by atoms with van der Waals surface area (Å²) in [6.45, 7) is 12.7. The molecule has 4 aromatic rings. The number of nitrogens with zero attached hydrogens (tertiary/aromatic N) is 5. The van der Waals surface area contributed by atoms with Crippen molar-refractivity contribution in [2.24, 2.45) is 0 Å². The van der Waals surface area contributed by atoms with E-state index in [0.717, 1.165) is 5.56 Å². The number of halogens is 2. The zero-order chi connectivity index (χ0) is 30.3. The number of rotatable bonds is 4. The van der Waals surface area contributed by atoms with Gasteiger partial charge in [0.1, 0.15) is 22.1 Å². The maximum Gasteiger partial charge on any atom is 0.410 e. The van der Waals surface area contributed by atoms with Gasteiger partial charge in [-0.2, -0.15) is 4.98 Å². The van der Waals surface area contributed by atoms with Gasteiger partial charge in [-0.25, -0.2) is 19.0 Å². The van der Waals surface area contributed by atoms with Crippen LogP contribution in [0.25, 0.3) is 27.8 Å². The van der Waals surface area contributed by atoms with Gasteiger partial charge in [0.05, 0.1) is 11.2 Å². The van der Waals surface area contributed by atoms with Crippen LogP contribution in [0.15, 0.2) is 59.4 Å². The van der Waals surface area contributed by atoms with Gasteiger partial charge in [-0.1, -0.05) is 61.8 Å². The minimum absolute atomic E-state index is 0.0954. The molecule has 1 fully saturated rings. The van der Waals surface area contributed by atoms with Crippen molar-refractivity contribution >= 4 is 34.5 Å². The molecule has 2 aromatic carbocycles. The van der Waals surface area contributed by atoms with Crippen molar-refractivity contribution in [2.75, 3.05) is 24.5 Å². The largest absolute Gasteiger partial charge is 0.444 e. The molecule has 10 heteroatoms. The third-order valence-electron chi connectivity index (χ3n) is 7.32. The van der Waals surface area contributed by atoms with Crippen molar-refractivity contribution in [3.8, 4) is 16.8 Å². The zero-order valence-electron chi connectivity index (χ0n) is 24.7. The van der Waals surface area contributed by atoms with E-state index in [1.165, 1.54) is 10.6 Å². The standard InChI is InChI=1S/C32H35ClFN5O3/c1-19(2)21-11-8-10-14-25(21)39-26-17-23(22-12-7-9-13-24(22)34)28(33)35-27(26)29(36-30(39)40)38-16-15-37(18-20(38)3)31(41)42-32(4,5)6/h7-14,17,19-20H,15-16,18H2,1-6H3/t20-/m0/s1. The lowest BCUT2D eigenvalue weighted by molar-refractivity contribution is 0.0218. The molecular weight excluding hydrogens is 557 g/mol. The van der Waals surface area contributed by atoms with E-state index >= 15 is 0 Å². The van der Waals surface area contributed by atoms with E-state index in [1.54, 1.807) is 29.2 Å². The summed E-state index contributed by atoms with van der Waals surface area (Å²) in [5.41, 5.74) is 2.06. The average molecular weight is 592 g/mol. The summed E-state index contributed by atoms with van der Waals surface area (Å²) in [4.78, 5) is 39.6. The molecule has 0 saturated carbocycles. The van der Waals surface area contributed by atoms with Crippen molar-refractivity contribution in [3.63, 3.8) is 0 Å². The smallest absolute Gasteiger partial charge is 0.410 e. The normalized spacial score (nSPS) is 15.9. The third kappa shape index (κ3) is 5.70. The summed E-state index contributed by atoms with van der Waals surface area (Å²) < 4.78 is 22.0. The summed E-state index contributed by atoms with van der Waals surface area (Å²) in [6.07, 6.45) is -0.386. The number of hydrogen-bond acceptors (Lipinski definition) is 6. The first-order chi connectivity index (χ1) is 19.9. The van der Waals surface area contributed by atoms with Gasteiger partial charge in [-0.05, 0) is 57.4 Å². The molecule has 5 rings (SSSR count). The number of piperazine rings is 1. The highest BCUT2D eigenvalue weighted by Crippen LogP contribution is 2.36. The van der Waals surface area contributed by atoms with Crippen molar-refractivity contribution in [3.05, 3.63) is 81.6 Å². The van der Waals surface area contributed by atoms with Crippen LogP contribution in [0.4, 0.5) is 15.0 Å². The zero-order valence-corrected chi connectivity index (χ0v) is 25.4. The number of anilines is 1. The molecule has 1 atom stereocenters. The highest BCUT2D eigenvalue weighted by Gasteiger charge is 2.32. The van der Waals surface area contributed by atoms with Crippen LogP contribution >= 0.6 is 11.6 Å². The van der Waals surface area contributed by atoms with Crippen LogP contribution in [0.2, 0.25) is 5.15 Å². The molecule has 0 aliphatic carbocycles. The number of para-hydroxylation sites is 1. The number of fused-ring (bicyclic) bond motifs is 1. The van der Waals surface area contributed by atoms with E-state index in [-0.39, 0.29) is 28.8 Å². The predicted molar refractivity (Wildman–Crippen MR) is 164 cm³/mol. The fourth-order valence-electron chi connectivity index (χ4n) is 5.36. The van der Waals surface area contributed by atoms with E-state index < -0.39 is 17.1 Å². The second kappa shape index (κ2) is 11.4. The summed E-state index contributed by atoms with van der Waals surface area (Å²) in [7, 11) is 0. The maximum absolute atomic E-state index is 14.9. The van der Waals surface area contributed by atoms with Gasteiger partial charge in [0.25, 0.3) is 0 Å². The molecule has 42 heavy (non-hydrogen) atoms. The first kappa shape index (κ1) is 29.5. The summed E-state index contributed by atoms with van der Waals surface area (Å²) in [5.74, 6) is 0.0415. The quantitative estimate of drug-likeness (QED) is 0.243. The number of carbonyl (C=O) groups excluding carboxylic acids is 1. The van der Waals surface area contributed by atoms with Crippen molar-refractivity contribution < 1.29 is 13.9 Å². The molecule has 0 bridgehead atoms. The summed E-state index contributed by atoms with van der Waals surface area (Å²) >= 11 is 6.72. The highest BCUT2D eigenvalue weighted by molar-refractivity contribution is 6.32. The predicted octanol–water partition coefficient (Wildman–Crippen LogP) is 6.81. The summed E-state index contributed by atoms with van der Waals surface area (Å²) in [5, 5.41) is 0.0954. The molecule has 1 amide bonds. The molecule has 0 spiro atoms. The lowest BCUT2D eigenvalue weighted by atomic mass is 10.0. The van der Waals surface area contributed by atoms with Crippen molar-refractivity contribution in [1.82, 2.24) is 19.4 Å². The molecule has 8 nitrogen and oxygen atoms in total. The van der Waals surface area contributed by atoms with Gasteiger partial charge in [-0.15, -0.1) is 0 Å². The molecular formula is C32H35ClFN5O3. The van der Waals surface area contributed by atoms with E-state index in [0.29, 0.717) is 47.7 Å². The van der Waals surface area contributed by atoms with Gasteiger partial charge in [-0.3, -0.25) is 4.57 Å². The first-order valence-corrected chi connectivity index (χ1v) is 14.5. The van der Waals surface area contributed by atoms with E-state index in [4.69, 9.17) is 21.3 Å². The topological polar surface area (TPSA) is 80.6 Å². The molecule has 220 valence electrons. The molecule has 1 aliphatic heterocycles. The summed E-state index contributed by atoms with van der Waals surface area (Å²) in [6, 6.07) is 15.5. The maximum atomic E-state index is 14.9. The van der Waals surface area contributed by atoms with Crippen LogP contribution in [0.3, 0.4) is 0 Å². The van der Waals surface area contributed by atoms with Crippen LogP contribution in [0.5, 0.6) is 0 Å². The van der Waals surface area contributed by atoms with Crippen LogP contribution in [0.1, 0.15) is 53.0 Å². The lowest BCUT2D eigenvalue weighted by Gasteiger charge is -2.41. The lowest BCUT2D eigenvalue weighted by Crippen LogP contribution is -2.55. The number of hydrogen-bond donors (Lipinski definition) is 0. The monoisotopic (exact) mass is 591 g/mol. The molecule has 2 aromatic heterocycles. The second-order valence-corrected chi connectivity index (χ2v) is 12.3. The molecule has 0 radical (unpaired) electrons. The van der Waals surface area contributed by atoms with Crippen LogP contribution in [-0.4, -0.2) is 56.8 Å². The van der Waals surface area contributed by atoms with E-state index in [9.17, 15) is 14.0 Å². The van der Waals surface area contributed by atoms with Gasteiger partial charge in [0.2, 0.25) is 0 Å². The highest BCUT2D eigenvalue weighted by atomic mass is 35.5. The number of benzene rings is 2. The SMILES string of the molecule is CC(C)c1ccccc1-n1c(=O)nc(N2CCN(C(=O)OC(C)(C)C)C[C@@H]2C)c2nc(Cl)c(-c3ccccc3F)cc21. The van der Waals surface area contributed by atoms with Gasteiger partial charge < -0.3 is 14.5 Å². The minimum Gasteiger partial charge on any atom is -0.444 e. The first-order valence-electron chi connectivity index (χ1n) is 14.1. The number of amides is 1. The van der Waals surface area contributed by atoms with Crippen LogP contribution in [0, 0.1) is 5.82 Å². The van der Waals surface area contributed by atoms with E-state index in [1.807, 2.05) is 56.9 Å². The van der Waals surface area contributed by atoms with Crippen molar-refractivity contribution in [2.45, 2.75) is 59.1 Å². The Morgan fingerprint density at radius 1 is 1.05 bits per heavy atom. The Morgan fingerprint density at radius 3 is 2.40 bits per heavy atom. The Morgan fingerprint density at radius 2 is 1.74 bits per heavy atom. The molecule has 1 saturated heterocycles. The number of ether oxygens (including phenoxy) is 1. The number of carbonyl (C=O) groups is 1. The molecule has 3 heterocycles. The minimum atomic E-state index is -0.609. The number of aromatic nitrogens is 3. The van der Waals surface area contributed by atoms with Crippen LogP contribution < -0.4 is 10.6 Å². The average Bonchev–Trinajstić information content (AvgIpc) is 2.92. The fourth-order valence-corrected chi connectivity index (χ4v) is 5.60. The Labute approximate surface area is 249 Å². The Kier molecular flexibility index (Phi) is 7.98. The van der Waals surface area contributed by atoms with E-state index in [2.05, 4.69) is 18.8 Å². The molecule has 1 aliphatic rings. The van der Waals surface area contributed by atoms with Crippen molar-refractivity contribution in [1.29, 1.82) is 0 Å². The molecule has 0 N–H and O–H groups in total. The number of pyridine rings is 1. The van der Waals surface area contributed by atoms with Gasteiger partial charge in [0, 0.05) is 36.8 Å². The Hall–Kier alpha value is -3.98. The fraction of sp³-hybridized carbons (Fsp3) is 0.375. The molecule has 0 unspecified atom stereocenters. The third-order valence-corrected chi connectivity index (χ3v) is 7.60. The Bertz CT molecular complexity index is 1720. The second-order valence-electron chi connectivity index (χ2n) is 11.9.